The highest BCUT2D eigenvalue weighted by molar-refractivity contribution is 5.89. The Morgan fingerprint density at radius 3 is 2.41 bits per heavy atom. The second-order valence-corrected chi connectivity index (χ2v) is 10.2. The average molecular weight is 443 g/mol. The van der Waals surface area contributed by atoms with Gasteiger partial charge >= 0.3 is 0 Å². The Bertz CT molecular complexity index is 767. The summed E-state index contributed by atoms with van der Waals surface area (Å²) < 4.78 is 0. The molecule has 2 saturated heterocycles. The lowest BCUT2D eigenvalue weighted by atomic mass is 9.85. The fraction of sp³-hybridized carbons (Fsp3) is 0.750. The molecule has 1 aliphatic carbocycles. The first-order valence-corrected chi connectivity index (χ1v) is 12.4. The Morgan fingerprint density at radius 1 is 1.12 bits per heavy atom. The van der Waals surface area contributed by atoms with E-state index in [1.807, 2.05) is 12.4 Å². The number of carbonyl (C=O) groups excluding carboxylic acids is 2. The van der Waals surface area contributed by atoms with Crippen molar-refractivity contribution >= 4 is 23.5 Å². The van der Waals surface area contributed by atoms with Crippen LogP contribution in [0.4, 0.5) is 11.6 Å². The SMILES string of the molecule is CC(C)C1CCN(c2ncc(NCC3CCC(NC(=O)C4CNC(=O)C4)CC3)cn2)CC1. The van der Waals surface area contributed by atoms with Crippen molar-refractivity contribution in [1.29, 1.82) is 0 Å². The van der Waals surface area contributed by atoms with E-state index in [1.54, 1.807) is 0 Å². The van der Waals surface area contributed by atoms with Gasteiger partial charge in [0.1, 0.15) is 0 Å². The third-order valence-electron chi connectivity index (χ3n) is 7.54. The Kier molecular flexibility index (Phi) is 7.48. The maximum absolute atomic E-state index is 12.3. The van der Waals surface area contributed by atoms with Gasteiger partial charge in [0, 0.05) is 38.6 Å². The normalized spacial score (nSPS) is 26.8. The summed E-state index contributed by atoms with van der Waals surface area (Å²) in [7, 11) is 0. The van der Waals surface area contributed by atoms with E-state index in [1.165, 1.54) is 12.8 Å². The lowest BCUT2D eigenvalue weighted by Gasteiger charge is -2.33. The van der Waals surface area contributed by atoms with E-state index in [-0.39, 0.29) is 23.8 Å². The summed E-state index contributed by atoms with van der Waals surface area (Å²) in [4.78, 5) is 35.1. The Balaban J connectivity index is 1.15. The minimum absolute atomic E-state index is 0.0207. The lowest BCUT2D eigenvalue weighted by molar-refractivity contribution is -0.127. The molecule has 1 aromatic rings. The molecule has 32 heavy (non-hydrogen) atoms. The number of nitrogens with one attached hydrogen (secondary N) is 3. The summed E-state index contributed by atoms with van der Waals surface area (Å²) in [6.45, 7) is 8.10. The lowest BCUT2D eigenvalue weighted by Crippen LogP contribution is -2.42. The van der Waals surface area contributed by atoms with Crippen molar-refractivity contribution in [3.63, 3.8) is 0 Å². The van der Waals surface area contributed by atoms with Gasteiger partial charge in [0.05, 0.1) is 24.0 Å². The molecule has 3 aliphatic rings. The van der Waals surface area contributed by atoms with Crippen LogP contribution in [0.3, 0.4) is 0 Å². The minimum Gasteiger partial charge on any atom is -0.382 e. The molecular weight excluding hydrogens is 404 g/mol. The number of carbonyl (C=O) groups is 2. The molecule has 2 aliphatic heterocycles. The highest BCUT2D eigenvalue weighted by Crippen LogP contribution is 2.27. The van der Waals surface area contributed by atoms with Crippen LogP contribution in [0.2, 0.25) is 0 Å². The first kappa shape index (κ1) is 22.8. The number of piperidine rings is 1. The fourth-order valence-electron chi connectivity index (χ4n) is 5.22. The molecule has 2 amide bonds. The summed E-state index contributed by atoms with van der Waals surface area (Å²) in [5.41, 5.74) is 0.972. The van der Waals surface area contributed by atoms with Crippen LogP contribution in [0.15, 0.2) is 12.4 Å². The van der Waals surface area contributed by atoms with Crippen LogP contribution in [0.1, 0.15) is 58.8 Å². The van der Waals surface area contributed by atoms with Crippen molar-refractivity contribution in [2.45, 2.75) is 64.8 Å². The van der Waals surface area contributed by atoms with Gasteiger partial charge in [-0.3, -0.25) is 9.59 Å². The van der Waals surface area contributed by atoms with Crippen molar-refractivity contribution < 1.29 is 9.59 Å². The number of hydrogen-bond donors (Lipinski definition) is 3. The molecule has 3 heterocycles. The Hall–Kier alpha value is -2.38. The highest BCUT2D eigenvalue weighted by Gasteiger charge is 2.30. The minimum atomic E-state index is -0.202. The van der Waals surface area contributed by atoms with Crippen molar-refractivity contribution in [2.75, 3.05) is 36.4 Å². The van der Waals surface area contributed by atoms with E-state index in [0.29, 0.717) is 18.9 Å². The summed E-state index contributed by atoms with van der Waals surface area (Å²) in [5.74, 6) is 2.81. The van der Waals surface area contributed by atoms with Gasteiger partial charge in [0.2, 0.25) is 17.8 Å². The zero-order chi connectivity index (χ0) is 22.5. The topological polar surface area (TPSA) is 99.3 Å². The molecule has 3 fully saturated rings. The van der Waals surface area contributed by atoms with E-state index in [0.717, 1.165) is 68.8 Å². The Labute approximate surface area is 191 Å². The standard InChI is InChI=1S/C24H38N6O2/c1-16(2)18-7-9-30(10-8-18)24-27-14-21(15-28-24)25-12-17-3-5-20(6-4-17)29-23(32)19-11-22(31)26-13-19/h14-20,25H,3-13H2,1-2H3,(H,26,31)(H,29,32). The highest BCUT2D eigenvalue weighted by atomic mass is 16.2. The third kappa shape index (κ3) is 5.90. The molecule has 1 unspecified atom stereocenters. The van der Waals surface area contributed by atoms with Crippen LogP contribution >= 0.6 is 0 Å². The molecule has 0 radical (unpaired) electrons. The largest absolute Gasteiger partial charge is 0.382 e. The zero-order valence-corrected chi connectivity index (χ0v) is 19.5. The fourth-order valence-corrected chi connectivity index (χ4v) is 5.22. The predicted octanol–water partition coefficient (Wildman–Crippen LogP) is 2.57. The summed E-state index contributed by atoms with van der Waals surface area (Å²) >= 11 is 0. The molecule has 1 atom stereocenters. The number of aromatic nitrogens is 2. The maximum atomic E-state index is 12.3. The molecule has 3 N–H and O–H groups in total. The molecule has 0 aromatic carbocycles. The number of nitrogens with zero attached hydrogens (tertiary/aromatic N) is 3. The summed E-state index contributed by atoms with van der Waals surface area (Å²) in [6.07, 6.45) is 10.7. The van der Waals surface area contributed by atoms with E-state index in [9.17, 15) is 9.59 Å². The molecule has 0 bridgehead atoms. The Morgan fingerprint density at radius 2 is 1.81 bits per heavy atom. The average Bonchev–Trinajstić information content (AvgIpc) is 3.25. The van der Waals surface area contributed by atoms with Gasteiger partial charge in [0.25, 0.3) is 0 Å². The van der Waals surface area contributed by atoms with Crippen LogP contribution < -0.4 is 20.9 Å². The van der Waals surface area contributed by atoms with Crippen LogP contribution in [0.25, 0.3) is 0 Å². The van der Waals surface area contributed by atoms with Crippen molar-refractivity contribution in [2.24, 2.45) is 23.7 Å². The number of rotatable bonds is 7. The molecule has 1 aromatic heterocycles. The molecule has 4 rings (SSSR count). The summed E-state index contributed by atoms with van der Waals surface area (Å²) in [5, 5.41) is 9.37. The van der Waals surface area contributed by atoms with Crippen molar-refractivity contribution in [3.05, 3.63) is 12.4 Å². The predicted molar refractivity (Wildman–Crippen MR) is 125 cm³/mol. The molecular formula is C24H38N6O2. The smallest absolute Gasteiger partial charge is 0.225 e. The van der Waals surface area contributed by atoms with E-state index >= 15 is 0 Å². The van der Waals surface area contributed by atoms with Crippen LogP contribution in [0.5, 0.6) is 0 Å². The van der Waals surface area contributed by atoms with Gasteiger partial charge in [0.15, 0.2) is 0 Å². The first-order chi connectivity index (χ1) is 15.5. The summed E-state index contributed by atoms with van der Waals surface area (Å²) in [6, 6.07) is 0.233. The van der Waals surface area contributed by atoms with Gasteiger partial charge < -0.3 is 20.9 Å². The van der Waals surface area contributed by atoms with Crippen molar-refractivity contribution in [3.8, 4) is 0 Å². The van der Waals surface area contributed by atoms with E-state index in [4.69, 9.17) is 0 Å². The van der Waals surface area contributed by atoms with Gasteiger partial charge in [-0.05, 0) is 56.3 Å². The first-order valence-electron chi connectivity index (χ1n) is 12.4. The second-order valence-electron chi connectivity index (χ2n) is 10.2. The quantitative estimate of drug-likeness (QED) is 0.600. The number of hydrogen-bond acceptors (Lipinski definition) is 6. The molecule has 8 nitrogen and oxygen atoms in total. The van der Waals surface area contributed by atoms with Gasteiger partial charge in [-0.1, -0.05) is 13.8 Å². The monoisotopic (exact) mass is 442 g/mol. The van der Waals surface area contributed by atoms with Gasteiger partial charge in [-0.25, -0.2) is 9.97 Å². The zero-order valence-electron chi connectivity index (χ0n) is 19.5. The van der Waals surface area contributed by atoms with E-state index in [2.05, 4.69) is 44.7 Å². The van der Waals surface area contributed by atoms with Gasteiger partial charge in [-0.2, -0.15) is 0 Å². The molecule has 8 heteroatoms. The second kappa shape index (κ2) is 10.5. The van der Waals surface area contributed by atoms with Crippen LogP contribution in [-0.2, 0) is 9.59 Å². The number of amides is 2. The van der Waals surface area contributed by atoms with Crippen molar-refractivity contribution in [1.82, 2.24) is 20.6 Å². The van der Waals surface area contributed by atoms with E-state index < -0.39 is 0 Å². The van der Waals surface area contributed by atoms with Gasteiger partial charge in [-0.15, -0.1) is 0 Å². The third-order valence-corrected chi connectivity index (χ3v) is 7.54. The van der Waals surface area contributed by atoms with Crippen LogP contribution in [-0.4, -0.2) is 54.0 Å². The molecule has 176 valence electrons. The van der Waals surface area contributed by atoms with Crippen LogP contribution in [0, 0.1) is 23.7 Å². The number of anilines is 2. The maximum Gasteiger partial charge on any atom is 0.225 e. The molecule has 0 spiro atoms. The molecule has 1 saturated carbocycles.